The molecule has 0 aliphatic carbocycles. The molecule has 1 aliphatic rings. The van der Waals surface area contributed by atoms with Crippen molar-refractivity contribution in [1.82, 2.24) is 5.32 Å². The number of nitrogens with one attached hydrogen (secondary N) is 1. The zero-order valence-electron chi connectivity index (χ0n) is 11.5. The van der Waals surface area contributed by atoms with E-state index in [9.17, 15) is 9.59 Å². The van der Waals surface area contributed by atoms with Crippen LogP contribution in [0.3, 0.4) is 0 Å². The van der Waals surface area contributed by atoms with E-state index >= 15 is 0 Å². The second-order valence-electron chi connectivity index (χ2n) is 5.06. The minimum absolute atomic E-state index is 0.0588. The highest BCUT2D eigenvalue weighted by molar-refractivity contribution is 5.87. The first kappa shape index (κ1) is 14.5. The van der Waals surface area contributed by atoms with Gasteiger partial charge in [0.05, 0.1) is 11.7 Å². The summed E-state index contributed by atoms with van der Waals surface area (Å²) in [4.78, 5) is 22.5. The molecule has 5 heteroatoms. The maximum absolute atomic E-state index is 11.8. The van der Waals surface area contributed by atoms with Gasteiger partial charge in [0.15, 0.2) is 0 Å². The number of carboxylic acid groups (broad SMARTS) is 1. The summed E-state index contributed by atoms with van der Waals surface area (Å²) >= 11 is 0. The lowest BCUT2D eigenvalue weighted by atomic mass is 10.1. The maximum atomic E-state index is 11.8. The van der Waals surface area contributed by atoms with E-state index in [0.29, 0.717) is 13.0 Å². The molecule has 20 heavy (non-hydrogen) atoms. The van der Waals surface area contributed by atoms with E-state index in [1.165, 1.54) is 0 Å². The molecule has 1 aromatic rings. The normalized spacial score (nSPS) is 21.6. The van der Waals surface area contributed by atoms with Crippen LogP contribution in [0.5, 0.6) is 0 Å². The molecule has 1 heterocycles. The summed E-state index contributed by atoms with van der Waals surface area (Å²) < 4.78 is 5.49. The van der Waals surface area contributed by atoms with Crippen molar-refractivity contribution in [3.8, 4) is 0 Å². The van der Waals surface area contributed by atoms with E-state index in [2.05, 4.69) is 5.32 Å². The summed E-state index contributed by atoms with van der Waals surface area (Å²) in [6, 6.07) is 6.68. The number of amides is 1. The van der Waals surface area contributed by atoms with E-state index in [4.69, 9.17) is 9.84 Å². The van der Waals surface area contributed by atoms with Gasteiger partial charge in [-0.15, -0.1) is 0 Å². The summed E-state index contributed by atoms with van der Waals surface area (Å²) in [5.41, 5.74) is 1.27. The maximum Gasteiger partial charge on any atom is 0.335 e. The molecule has 1 fully saturated rings. The van der Waals surface area contributed by atoms with Crippen molar-refractivity contribution in [3.63, 3.8) is 0 Å². The fraction of sp³-hybridized carbons (Fsp3) is 0.467. The molecule has 0 radical (unpaired) electrons. The molecule has 1 aliphatic heterocycles. The fourth-order valence-electron chi connectivity index (χ4n) is 2.25. The Kier molecular flexibility index (Phi) is 4.74. The van der Waals surface area contributed by atoms with Crippen LogP contribution in [0.1, 0.15) is 35.7 Å². The van der Waals surface area contributed by atoms with Crippen LogP contribution in [0.25, 0.3) is 0 Å². The van der Waals surface area contributed by atoms with Gasteiger partial charge in [0.25, 0.3) is 0 Å². The standard InChI is InChI=1S/C15H19NO4/c1-10-2-7-13(20-10)14(17)16-9-8-11-3-5-12(6-4-11)15(18)19/h3-6,10,13H,2,7-9H2,1H3,(H,16,17)(H,18,19). The number of ether oxygens (including phenoxy) is 1. The third-order valence-electron chi connectivity index (χ3n) is 3.44. The minimum atomic E-state index is -0.933. The van der Waals surface area contributed by atoms with Gasteiger partial charge in [-0.05, 0) is 43.9 Å². The Morgan fingerprint density at radius 1 is 1.30 bits per heavy atom. The number of benzene rings is 1. The molecule has 5 nitrogen and oxygen atoms in total. The Balaban J connectivity index is 1.75. The molecule has 0 spiro atoms. The largest absolute Gasteiger partial charge is 0.478 e. The van der Waals surface area contributed by atoms with Crippen molar-refractivity contribution in [1.29, 1.82) is 0 Å². The first-order chi connectivity index (χ1) is 9.56. The lowest BCUT2D eigenvalue weighted by Crippen LogP contribution is -2.35. The predicted molar refractivity (Wildman–Crippen MR) is 73.7 cm³/mol. The second kappa shape index (κ2) is 6.52. The summed E-state index contributed by atoms with van der Waals surface area (Å²) in [6.07, 6.45) is 2.22. The average molecular weight is 277 g/mol. The number of carbonyl (C=O) groups excluding carboxylic acids is 1. The molecule has 2 atom stereocenters. The van der Waals surface area contributed by atoms with Crippen LogP contribution in [0, 0.1) is 0 Å². The van der Waals surface area contributed by atoms with Crippen LogP contribution in [0.2, 0.25) is 0 Å². The van der Waals surface area contributed by atoms with Gasteiger partial charge in [0, 0.05) is 6.54 Å². The van der Waals surface area contributed by atoms with Crippen LogP contribution >= 0.6 is 0 Å². The number of rotatable bonds is 5. The molecule has 2 rings (SSSR count). The molecule has 108 valence electrons. The first-order valence-corrected chi connectivity index (χ1v) is 6.81. The van der Waals surface area contributed by atoms with E-state index in [1.54, 1.807) is 24.3 Å². The van der Waals surface area contributed by atoms with E-state index in [0.717, 1.165) is 18.4 Å². The lowest BCUT2D eigenvalue weighted by molar-refractivity contribution is -0.131. The molecular formula is C15H19NO4. The van der Waals surface area contributed by atoms with Crippen LogP contribution in [0.4, 0.5) is 0 Å². The van der Waals surface area contributed by atoms with Crippen LogP contribution in [-0.2, 0) is 16.0 Å². The van der Waals surface area contributed by atoms with Crippen molar-refractivity contribution in [2.24, 2.45) is 0 Å². The Hall–Kier alpha value is -1.88. The van der Waals surface area contributed by atoms with Crippen molar-refractivity contribution >= 4 is 11.9 Å². The van der Waals surface area contributed by atoms with E-state index < -0.39 is 5.97 Å². The highest BCUT2D eigenvalue weighted by Crippen LogP contribution is 2.18. The Bertz CT molecular complexity index is 483. The van der Waals surface area contributed by atoms with Crippen LogP contribution < -0.4 is 5.32 Å². The highest BCUT2D eigenvalue weighted by atomic mass is 16.5. The molecule has 2 unspecified atom stereocenters. The monoisotopic (exact) mass is 277 g/mol. The molecular weight excluding hydrogens is 258 g/mol. The SMILES string of the molecule is CC1CCC(C(=O)NCCc2ccc(C(=O)O)cc2)O1. The zero-order chi connectivity index (χ0) is 14.5. The summed E-state index contributed by atoms with van der Waals surface area (Å²) in [5.74, 6) is -0.992. The van der Waals surface area contributed by atoms with Gasteiger partial charge >= 0.3 is 5.97 Å². The van der Waals surface area contributed by atoms with Gasteiger partial charge in [-0.25, -0.2) is 4.79 Å². The molecule has 1 aromatic carbocycles. The number of carbonyl (C=O) groups is 2. The smallest absolute Gasteiger partial charge is 0.335 e. The molecule has 0 aromatic heterocycles. The predicted octanol–water partition coefficient (Wildman–Crippen LogP) is 1.61. The number of hydrogen-bond donors (Lipinski definition) is 2. The molecule has 1 saturated heterocycles. The van der Waals surface area contributed by atoms with Gasteiger partial charge in [0.1, 0.15) is 6.10 Å². The van der Waals surface area contributed by atoms with Gasteiger partial charge in [-0.1, -0.05) is 12.1 Å². The van der Waals surface area contributed by atoms with Crippen molar-refractivity contribution in [2.75, 3.05) is 6.54 Å². The van der Waals surface area contributed by atoms with E-state index in [-0.39, 0.29) is 23.7 Å². The van der Waals surface area contributed by atoms with Crippen LogP contribution in [0.15, 0.2) is 24.3 Å². The highest BCUT2D eigenvalue weighted by Gasteiger charge is 2.27. The van der Waals surface area contributed by atoms with Crippen molar-refractivity contribution in [3.05, 3.63) is 35.4 Å². The summed E-state index contributed by atoms with van der Waals surface area (Å²) in [5, 5.41) is 11.6. The molecule has 2 N–H and O–H groups in total. The summed E-state index contributed by atoms with van der Waals surface area (Å²) in [7, 11) is 0. The lowest BCUT2D eigenvalue weighted by Gasteiger charge is -2.11. The Labute approximate surface area is 117 Å². The van der Waals surface area contributed by atoms with Gasteiger partial charge in [0.2, 0.25) is 5.91 Å². The first-order valence-electron chi connectivity index (χ1n) is 6.81. The number of aromatic carboxylic acids is 1. The van der Waals surface area contributed by atoms with Crippen molar-refractivity contribution in [2.45, 2.75) is 38.4 Å². The summed E-state index contributed by atoms with van der Waals surface area (Å²) in [6.45, 7) is 2.50. The van der Waals surface area contributed by atoms with Gasteiger partial charge in [-0.2, -0.15) is 0 Å². The topological polar surface area (TPSA) is 75.6 Å². The zero-order valence-corrected chi connectivity index (χ0v) is 11.5. The fourth-order valence-corrected chi connectivity index (χ4v) is 2.25. The average Bonchev–Trinajstić information content (AvgIpc) is 2.86. The van der Waals surface area contributed by atoms with E-state index in [1.807, 2.05) is 6.92 Å². The third kappa shape index (κ3) is 3.81. The van der Waals surface area contributed by atoms with Gasteiger partial charge < -0.3 is 15.2 Å². The molecule has 0 bridgehead atoms. The van der Waals surface area contributed by atoms with Crippen LogP contribution in [-0.4, -0.2) is 35.7 Å². The Morgan fingerprint density at radius 2 is 2.00 bits per heavy atom. The van der Waals surface area contributed by atoms with Gasteiger partial charge in [-0.3, -0.25) is 4.79 Å². The quantitative estimate of drug-likeness (QED) is 0.857. The number of hydrogen-bond acceptors (Lipinski definition) is 3. The molecule has 1 amide bonds. The molecule has 0 saturated carbocycles. The number of carboxylic acids is 1. The second-order valence-corrected chi connectivity index (χ2v) is 5.06. The Morgan fingerprint density at radius 3 is 2.55 bits per heavy atom. The van der Waals surface area contributed by atoms with Crippen molar-refractivity contribution < 1.29 is 19.4 Å². The third-order valence-corrected chi connectivity index (χ3v) is 3.44. The minimum Gasteiger partial charge on any atom is -0.478 e.